The van der Waals surface area contributed by atoms with Crippen LogP contribution in [0.5, 0.6) is 5.75 Å². The molecule has 1 aliphatic heterocycles. The number of rotatable bonds is 6. The van der Waals surface area contributed by atoms with Gasteiger partial charge in [0.25, 0.3) is 0 Å². The van der Waals surface area contributed by atoms with E-state index in [4.69, 9.17) is 4.74 Å². The normalized spacial score (nSPS) is 18.6. The highest BCUT2D eigenvalue weighted by Crippen LogP contribution is 2.38. The van der Waals surface area contributed by atoms with Gasteiger partial charge in [0, 0.05) is 23.9 Å². The van der Waals surface area contributed by atoms with Crippen LogP contribution in [0.4, 0.5) is 5.00 Å². The lowest BCUT2D eigenvalue weighted by molar-refractivity contribution is -0.116. The molecule has 2 aromatic rings. The largest absolute Gasteiger partial charge is 0.497 e. The fourth-order valence-electron chi connectivity index (χ4n) is 4.36. The van der Waals surface area contributed by atoms with Crippen LogP contribution in [0.1, 0.15) is 53.3 Å². The third-order valence-corrected chi connectivity index (χ3v) is 6.96. The van der Waals surface area contributed by atoms with E-state index in [1.54, 1.807) is 18.4 Å². The molecule has 5 nitrogen and oxygen atoms in total. The topological polar surface area (TPSA) is 65.4 Å². The van der Waals surface area contributed by atoms with Crippen LogP contribution in [0, 0.1) is 11.3 Å². The summed E-state index contributed by atoms with van der Waals surface area (Å²) in [5.41, 5.74) is 3.08. The molecular weight excluding hydrogens is 370 g/mol. The summed E-state index contributed by atoms with van der Waals surface area (Å²) in [5, 5.41) is 13.2. The summed E-state index contributed by atoms with van der Waals surface area (Å²) in [6.45, 7) is 1.73. The van der Waals surface area contributed by atoms with Gasteiger partial charge in [-0.05, 0) is 61.9 Å². The van der Waals surface area contributed by atoms with Crippen molar-refractivity contribution in [3.63, 3.8) is 0 Å². The molecule has 1 aromatic heterocycles. The maximum atomic E-state index is 12.5. The quantitative estimate of drug-likeness (QED) is 0.793. The number of thiophene rings is 1. The first-order valence-electron chi connectivity index (χ1n) is 9.92. The van der Waals surface area contributed by atoms with Gasteiger partial charge in [-0.2, -0.15) is 5.26 Å². The van der Waals surface area contributed by atoms with E-state index >= 15 is 0 Å². The van der Waals surface area contributed by atoms with E-state index in [9.17, 15) is 10.1 Å². The van der Waals surface area contributed by atoms with Gasteiger partial charge in [0.15, 0.2) is 0 Å². The number of benzene rings is 1. The van der Waals surface area contributed by atoms with Gasteiger partial charge in [-0.25, -0.2) is 0 Å². The number of amides is 1. The standard InChI is InChI=1S/C22H25N3O2S/c1-27-16-6-2-5-15(13-16)19-8-4-11-25(19)12-10-21(26)24-22-18(14-23)17-7-3-9-20(17)28-22/h2,5-6,13,19H,3-4,7-12H2,1H3,(H,24,26). The van der Waals surface area contributed by atoms with Crippen LogP contribution in [0.15, 0.2) is 24.3 Å². The van der Waals surface area contributed by atoms with E-state index in [0.717, 1.165) is 61.5 Å². The number of hydrogen-bond donors (Lipinski definition) is 1. The van der Waals surface area contributed by atoms with Gasteiger partial charge in [-0.15, -0.1) is 11.3 Å². The van der Waals surface area contributed by atoms with Gasteiger partial charge < -0.3 is 10.1 Å². The molecule has 1 unspecified atom stereocenters. The number of nitrogens with zero attached hydrogens (tertiary/aromatic N) is 2. The maximum absolute atomic E-state index is 12.5. The number of methoxy groups -OCH3 is 1. The fourth-order valence-corrected chi connectivity index (χ4v) is 5.62. The summed E-state index contributed by atoms with van der Waals surface area (Å²) in [7, 11) is 1.69. The Hall–Kier alpha value is -2.36. The van der Waals surface area contributed by atoms with Gasteiger partial charge in [0.1, 0.15) is 16.8 Å². The fraction of sp³-hybridized carbons (Fsp3) is 0.455. The summed E-state index contributed by atoms with van der Waals surface area (Å²) < 4.78 is 5.35. The van der Waals surface area contributed by atoms with Crippen LogP contribution in [-0.2, 0) is 17.6 Å². The van der Waals surface area contributed by atoms with Crippen LogP contribution < -0.4 is 10.1 Å². The van der Waals surface area contributed by atoms with Crippen molar-refractivity contribution in [2.45, 2.75) is 44.6 Å². The number of ether oxygens (including phenoxy) is 1. The second-order valence-corrected chi connectivity index (χ2v) is 8.55. The minimum atomic E-state index is -0.00674. The summed E-state index contributed by atoms with van der Waals surface area (Å²) in [6.07, 6.45) is 5.78. The number of nitriles is 1. The summed E-state index contributed by atoms with van der Waals surface area (Å²) in [6, 6.07) is 10.8. The van der Waals surface area contributed by atoms with Gasteiger partial charge in [0.05, 0.1) is 12.7 Å². The molecule has 0 bridgehead atoms. The van der Waals surface area contributed by atoms with Gasteiger partial charge in [-0.3, -0.25) is 9.69 Å². The van der Waals surface area contributed by atoms with E-state index in [1.807, 2.05) is 12.1 Å². The zero-order valence-corrected chi connectivity index (χ0v) is 17.0. The first-order valence-corrected chi connectivity index (χ1v) is 10.7. The Kier molecular flexibility index (Phi) is 5.65. The van der Waals surface area contributed by atoms with Gasteiger partial charge >= 0.3 is 0 Å². The molecular formula is C22H25N3O2S. The van der Waals surface area contributed by atoms with Crippen LogP contribution in [0.25, 0.3) is 0 Å². The third-order valence-electron chi connectivity index (χ3n) is 5.75. The van der Waals surface area contributed by atoms with Crippen LogP contribution >= 0.6 is 11.3 Å². The Morgan fingerprint density at radius 3 is 3.11 bits per heavy atom. The van der Waals surface area contributed by atoms with Crippen molar-refractivity contribution in [2.24, 2.45) is 0 Å². The van der Waals surface area contributed by atoms with Crippen molar-refractivity contribution in [1.29, 1.82) is 5.26 Å². The zero-order valence-electron chi connectivity index (χ0n) is 16.2. The van der Waals surface area contributed by atoms with Crippen molar-refractivity contribution in [3.05, 3.63) is 45.8 Å². The molecule has 6 heteroatoms. The maximum Gasteiger partial charge on any atom is 0.226 e. The molecule has 1 atom stereocenters. The van der Waals surface area contributed by atoms with E-state index in [-0.39, 0.29) is 5.91 Å². The average molecular weight is 396 g/mol. The van der Waals surface area contributed by atoms with Crippen LogP contribution in [-0.4, -0.2) is 31.0 Å². The number of nitrogens with one attached hydrogen (secondary N) is 1. The highest BCUT2D eigenvalue weighted by atomic mass is 32.1. The second-order valence-electron chi connectivity index (χ2n) is 7.44. The molecule has 1 fully saturated rings. The minimum absolute atomic E-state index is 0.00674. The van der Waals surface area contributed by atoms with Crippen molar-refractivity contribution >= 4 is 22.2 Å². The van der Waals surface area contributed by atoms with E-state index in [1.165, 1.54) is 10.4 Å². The molecule has 2 aliphatic rings. The molecule has 28 heavy (non-hydrogen) atoms. The SMILES string of the molecule is COc1cccc(C2CCCN2CCC(=O)Nc2sc3c(c2C#N)CCC3)c1. The molecule has 2 heterocycles. The Morgan fingerprint density at radius 1 is 1.39 bits per heavy atom. The Balaban J connectivity index is 1.37. The van der Waals surface area contributed by atoms with Crippen molar-refractivity contribution in [3.8, 4) is 11.8 Å². The predicted octanol–water partition coefficient (Wildman–Crippen LogP) is 4.28. The third kappa shape index (κ3) is 3.78. The van der Waals surface area contributed by atoms with Crippen molar-refractivity contribution in [1.82, 2.24) is 4.90 Å². The van der Waals surface area contributed by atoms with E-state index in [0.29, 0.717) is 18.0 Å². The molecule has 0 spiro atoms. The van der Waals surface area contributed by atoms with Crippen molar-refractivity contribution < 1.29 is 9.53 Å². The number of anilines is 1. The molecule has 1 aromatic carbocycles. The molecule has 146 valence electrons. The van der Waals surface area contributed by atoms with E-state index < -0.39 is 0 Å². The minimum Gasteiger partial charge on any atom is -0.497 e. The Labute approximate surface area is 169 Å². The number of hydrogen-bond acceptors (Lipinski definition) is 5. The van der Waals surface area contributed by atoms with Gasteiger partial charge in [0.2, 0.25) is 5.91 Å². The van der Waals surface area contributed by atoms with E-state index in [2.05, 4.69) is 28.4 Å². The molecule has 4 rings (SSSR count). The predicted molar refractivity (Wildman–Crippen MR) is 111 cm³/mol. The zero-order chi connectivity index (χ0) is 19.5. The molecule has 0 saturated carbocycles. The molecule has 1 saturated heterocycles. The monoisotopic (exact) mass is 395 g/mol. The highest BCUT2D eigenvalue weighted by molar-refractivity contribution is 7.16. The lowest BCUT2D eigenvalue weighted by Gasteiger charge is -2.24. The highest BCUT2D eigenvalue weighted by Gasteiger charge is 2.27. The number of carbonyl (C=O) groups excluding carboxylic acids is 1. The number of aryl methyl sites for hydroxylation is 1. The first-order chi connectivity index (χ1) is 13.7. The summed E-state index contributed by atoms with van der Waals surface area (Å²) in [5.74, 6) is 0.865. The number of likely N-dealkylation sites (tertiary alicyclic amines) is 1. The molecule has 1 N–H and O–H groups in total. The Morgan fingerprint density at radius 2 is 2.29 bits per heavy atom. The number of fused-ring (bicyclic) bond motifs is 1. The summed E-state index contributed by atoms with van der Waals surface area (Å²) in [4.78, 5) is 16.2. The average Bonchev–Trinajstić information content (AvgIpc) is 3.42. The smallest absolute Gasteiger partial charge is 0.226 e. The lowest BCUT2D eigenvalue weighted by atomic mass is 10.0. The molecule has 0 radical (unpaired) electrons. The Bertz CT molecular complexity index is 915. The summed E-state index contributed by atoms with van der Waals surface area (Å²) >= 11 is 1.58. The molecule has 1 aliphatic carbocycles. The lowest BCUT2D eigenvalue weighted by Crippen LogP contribution is -2.27. The molecule has 1 amide bonds. The van der Waals surface area contributed by atoms with Gasteiger partial charge in [-0.1, -0.05) is 12.1 Å². The van der Waals surface area contributed by atoms with Crippen LogP contribution in [0.2, 0.25) is 0 Å². The van der Waals surface area contributed by atoms with Crippen molar-refractivity contribution in [2.75, 3.05) is 25.5 Å². The number of carbonyl (C=O) groups is 1. The second kappa shape index (κ2) is 8.34. The van der Waals surface area contributed by atoms with Crippen LogP contribution in [0.3, 0.4) is 0 Å². The first kappa shape index (κ1) is 19.0.